The molecule has 0 aliphatic heterocycles. The van der Waals surface area contributed by atoms with Crippen molar-refractivity contribution in [3.63, 3.8) is 0 Å². The number of aliphatic hydroxyl groups is 1. The zero-order chi connectivity index (χ0) is 20.3. The molecule has 29 heavy (non-hydrogen) atoms. The van der Waals surface area contributed by atoms with Crippen molar-refractivity contribution in [1.82, 2.24) is 0 Å². The van der Waals surface area contributed by atoms with E-state index < -0.39 is 11.6 Å². The van der Waals surface area contributed by atoms with Gasteiger partial charge in [0.1, 0.15) is 18.0 Å². The third kappa shape index (κ3) is 3.80. The number of methoxy groups -OCH3 is 1. The Morgan fingerprint density at radius 3 is 2.38 bits per heavy atom. The molecule has 1 aliphatic carbocycles. The summed E-state index contributed by atoms with van der Waals surface area (Å²) >= 11 is 0. The van der Waals surface area contributed by atoms with Crippen molar-refractivity contribution in [1.29, 1.82) is 0 Å². The molecule has 146 valence electrons. The van der Waals surface area contributed by atoms with Crippen LogP contribution in [0.15, 0.2) is 84.4 Å². The molecule has 0 radical (unpaired) electrons. The zero-order valence-electron chi connectivity index (χ0n) is 16.2. The largest absolute Gasteiger partial charge is 0.489 e. The van der Waals surface area contributed by atoms with Crippen LogP contribution in [-0.2, 0) is 21.7 Å². The average Bonchev–Trinajstić information content (AvgIpc) is 2.78. The van der Waals surface area contributed by atoms with Crippen molar-refractivity contribution in [2.75, 3.05) is 7.11 Å². The van der Waals surface area contributed by atoms with Gasteiger partial charge in [-0.2, -0.15) is 0 Å². The first-order valence-corrected chi connectivity index (χ1v) is 9.48. The van der Waals surface area contributed by atoms with Gasteiger partial charge >= 0.3 is 5.97 Å². The Morgan fingerprint density at radius 2 is 1.69 bits per heavy atom. The van der Waals surface area contributed by atoms with Crippen molar-refractivity contribution in [2.45, 2.75) is 18.6 Å². The molecule has 0 saturated carbocycles. The van der Waals surface area contributed by atoms with Crippen LogP contribution in [-0.4, -0.2) is 18.2 Å². The van der Waals surface area contributed by atoms with E-state index in [1.54, 1.807) is 6.08 Å². The molecule has 4 nitrogen and oxygen atoms in total. The molecule has 1 N–H and O–H groups in total. The number of fused-ring (bicyclic) bond motifs is 1. The van der Waals surface area contributed by atoms with Crippen LogP contribution in [0, 0.1) is 0 Å². The molecule has 0 bridgehead atoms. The molecule has 1 atom stereocenters. The lowest BCUT2D eigenvalue weighted by Gasteiger charge is -2.34. The maximum Gasteiger partial charge on any atom is 0.333 e. The predicted octanol–water partition coefficient (Wildman–Crippen LogP) is 4.46. The quantitative estimate of drug-likeness (QED) is 0.658. The van der Waals surface area contributed by atoms with E-state index in [4.69, 9.17) is 9.47 Å². The average molecular weight is 386 g/mol. The molecule has 0 spiro atoms. The van der Waals surface area contributed by atoms with Crippen LogP contribution < -0.4 is 4.74 Å². The summed E-state index contributed by atoms with van der Waals surface area (Å²) in [6.45, 7) is 0.441. The van der Waals surface area contributed by atoms with Crippen LogP contribution in [0.1, 0.15) is 28.7 Å². The Hall–Kier alpha value is -3.37. The number of benzene rings is 3. The van der Waals surface area contributed by atoms with Gasteiger partial charge in [0.05, 0.1) is 7.11 Å². The minimum Gasteiger partial charge on any atom is -0.489 e. The minimum absolute atomic E-state index is 0.154. The summed E-state index contributed by atoms with van der Waals surface area (Å²) in [5.74, 6) is 0.228. The molecule has 1 unspecified atom stereocenters. The summed E-state index contributed by atoms with van der Waals surface area (Å²) in [6, 6.07) is 24.9. The Balaban J connectivity index is 1.72. The van der Waals surface area contributed by atoms with Gasteiger partial charge in [0.2, 0.25) is 0 Å². The Bertz CT molecular complexity index is 1040. The van der Waals surface area contributed by atoms with Gasteiger partial charge in [0, 0.05) is 12.0 Å². The highest BCUT2D eigenvalue weighted by Crippen LogP contribution is 2.43. The summed E-state index contributed by atoms with van der Waals surface area (Å²) in [7, 11) is 1.35. The Labute approximate surface area is 170 Å². The van der Waals surface area contributed by atoms with E-state index in [1.165, 1.54) is 7.11 Å². The van der Waals surface area contributed by atoms with Gasteiger partial charge in [-0.1, -0.05) is 66.7 Å². The first-order chi connectivity index (χ1) is 14.1. The molecular formula is C25H22O4. The topological polar surface area (TPSA) is 55.8 Å². The van der Waals surface area contributed by atoms with Gasteiger partial charge in [-0.05, 0) is 40.5 Å². The highest BCUT2D eigenvalue weighted by Gasteiger charge is 2.39. The number of hydrogen-bond donors (Lipinski definition) is 1. The van der Waals surface area contributed by atoms with E-state index in [1.807, 2.05) is 78.9 Å². The van der Waals surface area contributed by atoms with Crippen LogP contribution in [0.4, 0.5) is 0 Å². The van der Waals surface area contributed by atoms with Crippen molar-refractivity contribution < 1.29 is 19.4 Å². The molecule has 0 aromatic heterocycles. The number of hydrogen-bond acceptors (Lipinski definition) is 4. The molecular weight excluding hydrogens is 364 g/mol. The lowest BCUT2D eigenvalue weighted by atomic mass is 9.75. The summed E-state index contributed by atoms with van der Waals surface area (Å²) in [5.41, 5.74) is 2.39. The fourth-order valence-corrected chi connectivity index (χ4v) is 3.71. The van der Waals surface area contributed by atoms with E-state index in [2.05, 4.69) is 0 Å². The van der Waals surface area contributed by atoms with E-state index in [-0.39, 0.29) is 6.42 Å². The standard InChI is InChI=1S/C25H22O4/c1-28-24(26)20-14-19-15-22(29-17-18-8-4-2-5-9-18)12-13-23(19)25(27,16-20)21-10-6-3-7-11-21/h2-15,27H,16-17H2,1H3. The monoisotopic (exact) mass is 386 g/mol. The first kappa shape index (κ1) is 19.0. The molecule has 4 rings (SSSR count). The summed E-state index contributed by atoms with van der Waals surface area (Å²) in [5, 5.41) is 11.6. The third-order valence-corrected chi connectivity index (χ3v) is 5.19. The number of carbonyl (C=O) groups excluding carboxylic acids is 1. The van der Waals surface area contributed by atoms with Gasteiger partial charge in [0.15, 0.2) is 0 Å². The zero-order valence-corrected chi connectivity index (χ0v) is 16.2. The van der Waals surface area contributed by atoms with Crippen LogP contribution in [0.25, 0.3) is 6.08 Å². The molecule has 3 aromatic carbocycles. The highest BCUT2D eigenvalue weighted by molar-refractivity contribution is 5.95. The number of carbonyl (C=O) groups is 1. The summed E-state index contributed by atoms with van der Waals surface area (Å²) in [6.07, 6.45) is 1.93. The lowest BCUT2D eigenvalue weighted by molar-refractivity contribution is -0.136. The molecule has 0 heterocycles. The summed E-state index contributed by atoms with van der Waals surface area (Å²) < 4.78 is 10.8. The van der Waals surface area contributed by atoms with Crippen molar-refractivity contribution in [3.05, 3.63) is 107 Å². The first-order valence-electron chi connectivity index (χ1n) is 9.48. The van der Waals surface area contributed by atoms with Crippen LogP contribution in [0.2, 0.25) is 0 Å². The van der Waals surface area contributed by atoms with Gasteiger partial charge in [0.25, 0.3) is 0 Å². The Morgan fingerprint density at radius 1 is 1.00 bits per heavy atom. The molecule has 0 fully saturated rings. The Kier molecular flexibility index (Phi) is 5.19. The highest BCUT2D eigenvalue weighted by atomic mass is 16.5. The molecule has 4 heteroatoms. The second-order valence-electron chi connectivity index (χ2n) is 7.09. The van der Waals surface area contributed by atoms with Crippen molar-refractivity contribution in [3.8, 4) is 5.75 Å². The van der Waals surface area contributed by atoms with Crippen LogP contribution in [0.5, 0.6) is 5.75 Å². The third-order valence-electron chi connectivity index (χ3n) is 5.19. The summed E-state index contributed by atoms with van der Waals surface area (Å²) in [4.78, 5) is 12.3. The maximum absolute atomic E-state index is 12.3. The second-order valence-corrected chi connectivity index (χ2v) is 7.09. The number of esters is 1. The second kappa shape index (κ2) is 7.94. The SMILES string of the molecule is COC(=O)C1=Cc2cc(OCc3ccccc3)ccc2C(O)(c2ccccc2)C1. The van der Waals surface area contributed by atoms with Crippen molar-refractivity contribution in [2.24, 2.45) is 0 Å². The van der Waals surface area contributed by atoms with Gasteiger partial charge in [-0.15, -0.1) is 0 Å². The van der Waals surface area contributed by atoms with Gasteiger partial charge in [-0.3, -0.25) is 0 Å². The van der Waals surface area contributed by atoms with E-state index >= 15 is 0 Å². The fraction of sp³-hybridized carbons (Fsp3) is 0.160. The smallest absolute Gasteiger partial charge is 0.333 e. The normalized spacial score (nSPS) is 17.8. The van der Waals surface area contributed by atoms with Crippen molar-refractivity contribution >= 4 is 12.0 Å². The van der Waals surface area contributed by atoms with E-state index in [0.717, 1.165) is 22.3 Å². The lowest BCUT2D eigenvalue weighted by Crippen LogP contribution is -2.32. The predicted molar refractivity (Wildman–Crippen MR) is 111 cm³/mol. The number of ether oxygens (including phenoxy) is 2. The van der Waals surface area contributed by atoms with Gasteiger partial charge in [-0.25, -0.2) is 4.79 Å². The molecule has 1 aliphatic rings. The molecule has 3 aromatic rings. The van der Waals surface area contributed by atoms with E-state index in [9.17, 15) is 9.90 Å². The maximum atomic E-state index is 12.3. The number of rotatable bonds is 5. The minimum atomic E-state index is -1.31. The fourth-order valence-electron chi connectivity index (χ4n) is 3.71. The molecule has 0 saturated heterocycles. The molecule has 0 amide bonds. The van der Waals surface area contributed by atoms with Crippen LogP contribution in [0.3, 0.4) is 0 Å². The van der Waals surface area contributed by atoms with E-state index in [0.29, 0.717) is 17.9 Å². The van der Waals surface area contributed by atoms with Crippen LogP contribution >= 0.6 is 0 Å². The van der Waals surface area contributed by atoms with Gasteiger partial charge < -0.3 is 14.6 Å².